The highest BCUT2D eigenvalue weighted by atomic mass is 35.5. The van der Waals surface area contributed by atoms with Crippen molar-refractivity contribution < 1.29 is 26.4 Å². The number of carbonyl (C=O) groups excluding carboxylic acids is 1. The number of nitrogens with zero attached hydrogens (tertiary/aromatic N) is 1. The molecule has 184 valence electrons. The second kappa shape index (κ2) is 10.5. The van der Waals surface area contributed by atoms with E-state index in [1.54, 1.807) is 0 Å². The van der Waals surface area contributed by atoms with Crippen molar-refractivity contribution in [2.45, 2.75) is 70.9 Å². The normalized spacial score (nSPS) is 16.6. The summed E-state index contributed by atoms with van der Waals surface area (Å²) in [5.41, 5.74) is 5.03. The number of fused-ring (bicyclic) bond motifs is 1. The highest BCUT2D eigenvalue weighted by Gasteiger charge is 2.29. The number of anilines is 1. The van der Waals surface area contributed by atoms with Gasteiger partial charge in [-0.2, -0.15) is 0 Å². The lowest BCUT2D eigenvalue weighted by Crippen LogP contribution is -3.00. The van der Waals surface area contributed by atoms with Crippen LogP contribution in [-0.2, 0) is 16.8 Å². The van der Waals surface area contributed by atoms with Crippen LogP contribution in [0.15, 0.2) is 48.0 Å². The quantitative estimate of drug-likeness (QED) is 0.664. The molecule has 1 aliphatic carbocycles. The van der Waals surface area contributed by atoms with Crippen molar-refractivity contribution in [2.24, 2.45) is 0 Å². The van der Waals surface area contributed by atoms with E-state index < -0.39 is 0 Å². The van der Waals surface area contributed by atoms with E-state index in [1.165, 1.54) is 43.2 Å². The molecule has 34 heavy (non-hydrogen) atoms. The summed E-state index contributed by atoms with van der Waals surface area (Å²) >= 11 is 0. The summed E-state index contributed by atoms with van der Waals surface area (Å²) in [5, 5.41) is 3.05. The number of halogens is 1. The van der Waals surface area contributed by atoms with Gasteiger partial charge in [-0.05, 0) is 67.0 Å². The van der Waals surface area contributed by atoms with Crippen LogP contribution in [0.4, 0.5) is 5.69 Å². The minimum Gasteiger partial charge on any atom is -1.00 e. The van der Waals surface area contributed by atoms with Gasteiger partial charge in [0.15, 0.2) is 0 Å². The first kappa shape index (κ1) is 26.3. The number of hydrogen-bond donors (Lipinski definition) is 1. The van der Waals surface area contributed by atoms with Gasteiger partial charge in [-0.1, -0.05) is 45.4 Å². The molecular formula is C29H39ClN2O2. The third-order valence-electron chi connectivity index (χ3n) is 7.25. The van der Waals surface area contributed by atoms with E-state index in [2.05, 4.69) is 64.4 Å². The molecule has 0 saturated heterocycles. The third kappa shape index (κ3) is 6.22. The summed E-state index contributed by atoms with van der Waals surface area (Å²) in [6.45, 7) is 7.88. The number of rotatable bonds is 5. The Morgan fingerprint density at radius 3 is 2.35 bits per heavy atom. The summed E-state index contributed by atoms with van der Waals surface area (Å²) < 4.78 is 6.90. The Balaban J connectivity index is 0.00000324. The predicted molar refractivity (Wildman–Crippen MR) is 136 cm³/mol. The molecule has 1 fully saturated rings. The number of quaternary nitrogens is 1. The first-order chi connectivity index (χ1) is 15.6. The highest BCUT2D eigenvalue weighted by Crippen LogP contribution is 2.32. The van der Waals surface area contributed by atoms with Gasteiger partial charge in [0.1, 0.15) is 18.9 Å². The standard InChI is InChI=1S/C29H38N2O2.ClH/c1-29(2,3)24-13-16-27-22(18-24)17-23(20-33-27)28(32)30-25-14-11-21(12-15-25)19-31(4,5)26-9-7-6-8-10-26;/h11-18,26H,6-10,19-20H2,1-5H3;1H. The topological polar surface area (TPSA) is 38.3 Å². The largest absolute Gasteiger partial charge is 1.00 e. The second-order valence-corrected chi connectivity index (χ2v) is 11.3. The Bertz CT molecular complexity index is 1030. The predicted octanol–water partition coefficient (Wildman–Crippen LogP) is 3.31. The monoisotopic (exact) mass is 482 g/mol. The number of hydrogen-bond acceptors (Lipinski definition) is 2. The fraction of sp³-hybridized carbons (Fsp3) is 0.483. The Morgan fingerprint density at radius 2 is 1.71 bits per heavy atom. The molecule has 1 saturated carbocycles. The van der Waals surface area contributed by atoms with Crippen LogP contribution in [0.2, 0.25) is 0 Å². The maximum atomic E-state index is 12.9. The molecule has 1 amide bonds. The van der Waals surface area contributed by atoms with Crippen LogP contribution in [0, 0.1) is 0 Å². The maximum absolute atomic E-state index is 12.9. The van der Waals surface area contributed by atoms with Crippen molar-refractivity contribution in [1.29, 1.82) is 0 Å². The molecule has 2 aliphatic rings. The molecular weight excluding hydrogens is 444 g/mol. The Labute approximate surface area is 211 Å². The zero-order valence-corrected chi connectivity index (χ0v) is 22.0. The zero-order chi connectivity index (χ0) is 23.6. The van der Waals surface area contributed by atoms with Gasteiger partial charge in [0.05, 0.1) is 25.7 Å². The van der Waals surface area contributed by atoms with E-state index in [0.29, 0.717) is 12.2 Å². The van der Waals surface area contributed by atoms with Gasteiger partial charge in [0.2, 0.25) is 0 Å². The Kier molecular flexibility index (Phi) is 8.15. The van der Waals surface area contributed by atoms with Crippen LogP contribution < -0.4 is 22.5 Å². The van der Waals surface area contributed by atoms with Gasteiger partial charge < -0.3 is 26.9 Å². The minimum atomic E-state index is -0.104. The smallest absolute Gasteiger partial charge is 0.255 e. The Hall–Kier alpha value is -2.30. The summed E-state index contributed by atoms with van der Waals surface area (Å²) in [6.07, 6.45) is 8.73. The van der Waals surface area contributed by atoms with E-state index in [4.69, 9.17) is 4.74 Å². The lowest BCUT2D eigenvalue weighted by atomic mass is 9.85. The van der Waals surface area contributed by atoms with Crippen molar-refractivity contribution in [3.05, 3.63) is 64.7 Å². The third-order valence-corrected chi connectivity index (χ3v) is 7.25. The van der Waals surface area contributed by atoms with Gasteiger partial charge in [0, 0.05) is 16.8 Å². The van der Waals surface area contributed by atoms with Crippen LogP contribution in [-0.4, -0.2) is 37.1 Å². The van der Waals surface area contributed by atoms with E-state index in [0.717, 1.165) is 34.1 Å². The summed E-state index contributed by atoms with van der Waals surface area (Å²) in [7, 11) is 4.70. The molecule has 4 nitrogen and oxygen atoms in total. The van der Waals surface area contributed by atoms with Gasteiger partial charge in [-0.3, -0.25) is 4.79 Å². The molecule has 4 rings (SSSR count). The van der Waals surface area contributed by atoms with Crippen molar-refractivity contribution in [3.63, 3.8) is 0 Å². The number of amides is 1. The lowest BCUT2D eigenvalue weighted by Gasteiger charge is -2.40. The minimum absolute atomic E-state index is 0. The van der Waals surface area contributed by atoms with Gasteiger partial charge in [-0.25, -0.2) is 0 Å². The second-order valence-electron chi connectivity index (χ2n) is 11.3. The van der Waals surface area contributed by atoms with Crippen LogP contribution in [0.25, 0.3) is 6.08 Å². The molecule has 5 heteroatoms. The molecule has 0 radical (unpaired) electrons. The number of benzene rings is 2. The van der Waals surface area contributed by atoms with E-state index in [-0.39, 0.29) is 23.7 Å². The number of carbonyl (C=O) groups is 1. The Morgan fingerprint density at radius 1 is 1.03 bits per heavy atom. The molecule has 0 spiro atoms. The van der Waals surface area contributed by atoms with Crippen LogP contribution in [0.5, 0.6) is 5.75 Å². The van der Waals surface area contributed by atoms with E-state index >= 15 is 0 Å². The van der Waals surface area contributed by atoms with Crippen molar-refractivity contribution in [1.82, 2.24) is 0 Å². The summed E-state index contributed by atoms with van der Waals surface area (Å²) in [6, 6.07) is 15.3. The molecule has 1 aliphatic heterocycles. The first-order valence-electron chi connectivity index (χ1n) is 12.3. The molecule has 0 bridgehead atoms. The first-order valence-corrected chi connectivity index (χ1v) is 12.3. The average Bonchev–Trinajstić information content (AvgIpc) is 2.79. The SMILES string of the molecule is CC(C)(C)c1ccc2c(c1)C=C(C(=O)Nc1ccc(C[N+](C)(C)C3CCCCC3)cc1)CO2.[Cl-]. The van der Waals surface area contributed by atoms with Crippen molar-refractivity contribution in [2.75, 3.05) is 26.0 Å². The molecule has 2 aromatic carbocycles. The average molecular weight is 483 g/mol. The van der Waals surface area contributed by atoms with Gasteiger partial charge >= 0.3 is 0 Å². The van der Waals surface area contributed by atoms with E-state index in [1.807, 2.05) is 24.3 Å². The number of ether oxygens (including phenoxy) is 1. The molecule has 0 unspecified atom stereocenters. The molecule has 0 aromatic heterocycles. The van der Waals surface area contributed by atoms with Gasteiger partial charge in [-0.15, -0.1) is 0 Å². The van der Waals surface area contributed by atoms with Crippen LogP contribution in [0.3, 0.4) is 0 Å². The van der Waals surface area contributed by atoms with Gasteiger partial charge in [0.25, 0.3) is 5.91 Å². The molecule has 2 aromatic rings. The van der Waals surface area contributed by atoms with Crippen LogP contribution in [0.1, 0.15) is 69.6 Å². The zero-order valence-electron chi connectivity index (χ0n) is 21.3. The van der Waals surface area contributed by atoms with Crippen LogP contribution >= 0.6 is 0 Å². The highest BCUT2D eigenvalue weighted by molar-refractivity contribution is 6.07. The summed E-state index contributed by atoms with van der Waals surface area (Å²) in [5.74, 6) is 0.732. The summed E-state index contributed by atoms with van der Waals surface area (Å²) in [4.78, 5) is 12.9. The van der Waals surface area contributed by atoms with Crippen molar-refractivity contribution in [3.8, 4) is 5.75 Å². The van der Waals surface area contributed by atoms with Crippen molar-refractivity contribution >= 4 is 17.7 Å². The lowest BCUT2D eigenvalue weighted by molar-refractivity contribution is -0.929. The fourth-order valence-corrected chi connectivity index (χ4v) is 5.06. The van der Waals surface area contributed by atoms with E-state index in [9.17, 15) is 4.79 Å². The molecule has 1 N–H and O–H groups in total. The molecule has 1 heterocycles. The molecule has 0 atom stereocenters. The number of nitrogens with one attached hydrogen (secondary N) is 1. The maximum Gasteiger partial charge on any atom is 0.255 e. The fourth-order valence-electron chi connectivity index (χ4n) is 5.06.